The Morgan fingerprint density at radius 3 is 1.55 bits per heavy atom. The second-order valence-electron chi connectivity index (χ2n) is 14.4. The van der Waals surface area contributed by atoms with Crippen molar-refractivity contribution in [3.63, 3.8) is 0 Å². The van der Waals surface area contributed by atoms with Crippen molar-refractivity contribution in [3.8, 4) is 0 Å². The molecule has 2 aliphatic heterocycles. The molecule has 0 bridgehead atoms. The predicted octanol–water partition coefficient (Wildman–Crippen LogP) is 9.13. The van der Waals surface area contributed by atoms with E-state index < -0.39 is 50.3 Å². The standard InChI is InChI=1S/C39H42F3N3O3S/c1-7-44-29-19-17-23-13-9-11-15-25(23)33(29)37(3,4)31(44)21-27-35(43-49(47,48)39(40,41)42)28(36(27)46)22-32-38(5,6)34-26-16-12-10-14-24(26)18-20-30(34)45(32)8-2/h9-22,27-28,35-36,46H,7-8H2,1-6H3,(H,43,47,48)/b31-21+,32-22+. The Kier molecular flexibility index (Phi) is 7.78. The number of fused-ring (bicyclic) bond motifs is 6. The molecule has 3 aliphatic rings. The van der Waals surface area contributed by atoms with Gasteiger partial charge in [0.25, 0.3) is 10.0 Å². The molecular formula is C39H42F3N3O3S. The van der Waals surface area contributed by atoms with Crippen LogP contribution in [0.4, 0.5) is 24.5 Å². The van der Waals surface area contributed by atoms with Gasteiger partial charge in [-0.1, -0.05) is 101 Å². The Morgan fingerprint density at radius 1 is 0.755 bits per heavy atom. The van der Waals surface area contributed by atoms with E-state index in [-0.39, 0.29) is 0 Å². The van der Waals surface area contributed by atoms with Gasteiger partial charge in [0, 0.05) is 58.5 Å². The van der Waals surface area contributed by atoms with Gasteiger partial charge in [0.15, 0.2) is 0 Å². The molecule has 0 saturated heterocycles. The van der Waals surface area contributed by atoms with Gasteiger partial charge < -0.3 is 14.9 Å². The van der Waals surface area contributed by atoms with Gasteiger partial charge in [0.1, 0.15) is 0 Å². The van der Waals surface area contributed by atoms with Crippen LogP contribution in [0.2, 0.25) is 0 Å². The van der Waals surface area contributed by atoms with E-state index in [4.69, 9.17) is 0 Å². The fourth-order valence-corrected chi connectivity index (χ4v) is 9.38. The third kappa shape index (κ3) is 4.93. The summed E-state index contributed by atoms with van der Waals surface area (Å²) in [6.07, 6.45) is 2.47. The Labute approximate surface area is 285 Å². The Balaban J connectivity index is 1.36. The maximum Gasteiger partial charge on any atom is 0.503 e. The lowest BCUT2D eigenvalue weighted by atomic mass is 9.65. The van der Waals surface area contributed by atoms with Crippen molar-refractivity contribution in [1.82, 2.24) is 0 Å². The fourth-order valence-electron chi connectivity index (χ4n) is 8.65. The SMILES string of the molecule is CCN1/C(=C/C2C(O)C(/C=C3/N(CC)c4ccc5ccccc5c4C3(C)C)C2N=S(=O)(O)C(F)(F)F)C(C)(C)c2c1ccc1ccccc21. The maximum absolute atomic E-state index is 13.9. The summed E-state index contributed by atoms with van der Waals surface area (Å²) in [7, 11) is -5.60. The minimum atomic E-state index is -5.60. The van der Waals surface area contributed by atoms with Crippen molar-refractivity contribution in [3.05, 3.63) is 107 Å². The Bertz CT molecular complexity index is 2050. The van der Waals surface area contributed by atoms with E-state index in [0.717, 1.165) is 55.4 Å². The lowest BCUT2D eigenvalue weighted by molar-refractivity contribution is -0.0495. The van der Waals surface area contributed by atoms with E-state index in [2.05, 4.69) is 78.3 Å². The molecule has 10 heteroatoms. The van der Waals surface area contributed by atoms with Gasteiger partial charge in [-0.05, 0) is 58.7 Å². The van der Waals surface area contributed by atoms with E-state index in [9.17, 15) is 27.0 Å². The normalized spacial score (nSPS) is 27.0. The van der Waals surface area contributed by atoms with E-state index >= 15 is 0 Å². The highest BCUT2D eigenvalue weighted by Crippen LogP contribution is 2.55. The molecule has 258 valence electrons. The zero-order valence-corrected chi connectivity index (χ0v) is 29.3. The van der Waals surface area contributed by atoms with E-state index in [1.807, 2.05) is 50.2 Å². The Morgan fingerprint density at radius 2 is 1.16 bits per heavy atom. The first-order valence-corrected chi connectivity index (χ1v) is 18.3. The Hall–Kier alpha value is -3.86. The van der Waals surface area contributed by atoms with Gasteiger partial charge in [-0.2, -0.15) is 13.2 Å². The zero-order chi connectivity index (χ0) is 35.3. The monoisotopic (exact) mass is 689 g/mol. The van der Waals surface area contributed by atoms with Crippen LogP contribution in [0, 0.1) is 11.8 Å². The molecule has 49 heavy (non-hydrogen) atoms. The van der Waals surface area contributed by atoms with Crippen LogP contribution < -0.4 is 9.80 Å². The number of aliphatic hydroxyl groups excluding tert-OH is 1. The molecule has 3 unspecified atom stereocenters. The van der Waals surface area contributed by atoms with Crippen LogP contribution in [0.5, 0.6) is 0 Å². The number of benzene rings is 4. The predicted molar refractivity (Wildman–Crippen MR) is 192 cm³/mol. The van der Waals surface area contributed by atoms with Crippen molar-refractivity contribution < 1.29 is 27.0 Å². The lowest BCUT2D eigenvalue weighted by Crippen LogP contribution is -2.54. The summed E-state index contributed by atoms with van der Waals surface area (Å²) in [5.74, 6) is -1.85. The van der Waals surface area contributed by atoms with Gasteiger partial charge in [-0.3, -0.25) is 4.55 Å². The van der Waals surface area contributed by atoms with Crippen LogP contribution >= 0.6 is 0 Å². The van der Waals surface area contributed by atoms with Gasteiger partial charge in [0.05, 0.1) is 12.1 Å². The van der Waals surface area contributed by atoms with Crippen molar-refractivity contribution in [2.45, 2.75) is 70.0 Å². The number of anilines is 2. The van der Waals surface area contributed by atoms with Crippen LogP contribution in [0.15, 0.2) is 101 Å². The molecule has 4 aromatic carbocycles. The van der Waals surface area contributed by atoms with Gasteiger partial charge in [-0.25, -0.2) is 8.57 Å². The number of alkyl halides is 3. The van der Waals surface area contributed by atoms with Crippen LogP contribution in [-0.2, 0) is 20.8 Å². The summed E-state index contributed by atoms with van der Waals surface area (Å²) in [4.78, 5) is 4.25. The molecule has 1 saturated carbocycles. The summed E-state index contributed by atoms with van der Waals surface area (Å²) < 4.78 is 68.4. The first kappa shape index (κ1) is 33.6. The summed E-state index contributed by atoms with van der Waals surface area (Å²) in [6.45, 7) is 13.5. The maximum atomic E-state index is 13.9. The molecule has 2 heterocycles. The average Bonchev–Trinajstić information content (AvgIpc) is 3.42. The highest BCUT2D eigenvalue weighted by molar-refractivity contribution is 7.89. The molecule has 1 fully saturated rings. The van der Waals surface area contributed by atoms with Crippen LogP contribution in [0.25, 0.3) is 21.5 Å². The number of nitrogens with zero attached hydrogens (tertiary/aromatic N) is 3. The largest absolute Gasteiger partial charge is 0.503 e. The van der Waals surface area contributed by atoms with Gasteiger partial charge in [0.2, 0.25) is 0 Å². The number of halogens is 3. The zero-order valence-electron chi connectivity index (χ0n) is 28.5. The molecule has 4 aromatic rings. The molecule has 0 spiro atoms. The quantitative estimate of drug-likeness (QED) is 0.219. The number of likely N-dealkylation sites (N-methyl/N-ethyl adjacent to an activating group) is 2. The third-order valence-electron chi connectivity index (χ3n) is 11.0. The number of allylic oxidation sites excluding steroid dienone is 2. The van der Waals surface area contributed by atoms with E-state index in [1.165, 1.54) is 0 Å². The van der Waals surface area contributed by atoms with Crippen LogP contribution in [-0.4, -0.2) is 44.6 Å². The topological polar surface area (TPSA) is 76.4 Å². The number of rotatable bonds is 5. The van der Waals surface area contributed by atoms with Crippen LogP contribution in [0.1, 0.15) is 52.7 Å². The van der Waals surface area contributed by atoms with Gasteiger partial charge in [-0.15, -0.1) is 0 Å². The third-order valence-corrected chi connectivity index (χ3v) is 12.1. The number of hydrogen-bond donors (Lipinski definition) is 2. The molecule has 1 aliphatic carbocycles. The summed E-state index contributed by atoms with van der Waals surface area (Å²) in [5, 5.41) is 16.2. The van der Waals surface area contributed by atoms with Crippen molar-refractivity contribution >= 4 is 42.9 Å². The minimum Gasteiger partial charge on any atom is -0.392 e. The second kappa shape index (κ2) is 11.3. The van der Waals surface area contributed by atoms with E-state index in [1.54, 1.807) is 12.2 Å². The minimum absolute atomic E-state index is 0.570. The molecule has 2 N–H and O–H groups in total. The number of hydrogen-bond acceptors (Lipinski definition) is 5. The van der Waals surface area contributed by atoms with E-state index in [0.29, 0.717) is 13.1 Å². The second-order valence-corrected chi connectivity index (χ2v) is 16.1. The molecular weight excluding hydrogens is 648 g/mol. The highest BCUT2D eigenvalue weighted by Gasteiger charge is 2.54. The highest BCUT2D eigenvalue weighted by atomic mass is 32.2. The molecule has 6 nitrogen and oxygen atoms in total. The molecule has 0 amide bonds. The lowest BCUT2D eigenvalue weighted by Gasteiger charge is -2.46. The molecule has 0 radical (unpaired) electrons. The van der Waals surface area contributed by atoms with Crippen molar-refractivity contribution in [2.24, 2.45) is 16.2 Å². The number of aliphatic hydroxyl groups is 1. The first-order valence-electron chi connectivity index (χ1n) is 16.8. The van der Waals surface area contributed by atoms with Crippen LogP contribution in [0.3, 0.4) is 0 Å². The fraction of sp³-hybridized carbons (Fsp3) is 0.385. The summed E-state index contributed by atoms with van der Waals surface area (Å²) >= 11 is 0. The average molecular weight is 690 g/mol. The summed E-state index contributed by atoms with van der Waals surface area (Å²) in [6, 6.07) is 23.1. The first-order chi connectivity index (χ1) is 23.0. The molecule has 3 atom stereocenters. The molecule has 7 rings (SSSR count). The van der Waals surface area contributed by atoms with Gasteiger partial charge >= 0.3 is 5.51 Å². The molecule has 0 aromatic heterocycles. The van der Waals surface area contributed by atoms with Crippen molar-refractivity contribution in [2.75, 3.05) is 22.9 Å². The summed E-state index contributed by atoms with van der Waals surface area (Å²) in [5.41, 5.74) is -0.759. The smallest absolute Gasteiger partial charge is 0.392 e. The van der Waals surface area contributed by atoms with Crippen molar-refractivity contribution in [1.29, 1.82) is 0 Å².